The zero-order valence-corrected chi connectivity index (χ0v) is 17.5. The molecule has 4 rings (SSSR count). The molecular formula is C21H23ClN4O2S. The Bertz CT molecular complexity index is 931. The van der Waals surface area contributed by atoms with E-state index in [4.69, 9.17) is 16.3 Å². The van der Waals surface area contributed by atoms with Gasteiger partial charge in [-0.25, -0.2) is 0 Å². The van der Waals surface area contributed by atoms with Gasteiger partial charge in [-0.3, -0.25) is 4.57 Å². The molecule has 1 fully saturated rings. The Balaban J connectivity index is 1.49. The standard InChI is InChI=1S/C21H23ClN4O2S/c22-18-10-4-5-11-19(18)26-20(25-12-6-7-13-25)23-24-21(26)29-15-16(27)14-28-17-8-2-1-3-9-17/h1-5,8-11,16,27H,6-7,12-15H2. The molecule has 1 atom stereocenters. The second kappa shape index (κ2) is 9.52. The van der Waals surface area contributed by atoms with Crippen LogP contribution in [0, 0.1) is 0 Å². The van der Waals surface area contributed by atoms with Crippen LogP contribution in [-0.2, 0) is 0 Å². The lowest BCUT2D eigenvalue weighted by molar-refractivity contribution is 0.126. The van der Waals surface area contributed by atoms with Crippen LogP contribution >= 0.6 is 23.4 Å². The Morgan fingerprint density at radius 1 is 1.03 bits per heavy atom. The lowest BCUT2D eigenvalue weighted by Gasteiger charge is -2.19. The van der Waals surface area contributed by atoms with Gasteiger partial charge >= 0.3 is 0 Å². The molecule has 0 radical (unpaired) electrons. The summed E-state index contributed by atoms with van der Waals surface area (Å²) in [4.78, 5) is 2.23. The Morgan fingerprint density at radius 3 is 2.52 bits per heavy atom. The molecule has 1 aliphatic rings. The highest BCUT2D eigenvalue weighted by molar-refractivity contribution is 7.99. The summed E-state index contributed by atoms with van der Waals surface area (Å²) in [5.74, 6) is 1.98. The highest BCUT2D eigenvalue weighted by Crippen LogP contribution is 2.32. The predicted molar refractivity (Wildman–Crippen MR) is 116 cm³/mol. The van der Waals surface area contributed by atoms with Gasteiger partial charge in [-0.15, -0.1) is 10.2 Å². The summed E-state index contributed by atoms with van der Waals surface area (Å²) in [7, 11) is 0. The van der Waals surface area contributed by atoms with Crippen molar-refractivity contribution in [3.05, 3.63) is 59.6 Å². The summed E-state index contributed by atoms with van der Waals surface area (Å²) in [5, 5.41) is 20.5. The quantitative estimate of drug-likeness (QED) is 0.544. The van der Waals surface area contributed by atoms with Crippen molar-refractivity contribution in [1.82, 2.24) is 14.8 Å². The maximum absolute atomic E-state index is 10.4. The fraction of sp³-hybridized carbons (Fsp3) is 0.333. The summed E-state index contributed by atoms with van der Waals surface area (Å²) in [6.07, 6.45) is 1.66. The molecule has 0 aliphatic carbocycles. The molecule has 1 aromatic heterocycles. The zero-order chi connectivity index (χ0) is 20.1. The van der Waals surface area contributed by atoms with Crippen LogP contribution in [0.2, 0.25) is 5.02 Å². The van der Waals surface area contributed by atoms with E-state index in [-0.39, 0.29) is 6.61 Å². The molecule has 3 aromatic rings. The second-order valence-corrected chi connectivity index (χ2v) is 8.25. The number of halogens is 1. The van der Waals surface area contributed by atoms with Gasteiger partial charge < -0.3 is 14.7 Å². The van der Waals surface area contributed by atoms with Crippen LogP contribution in [-0.4, -0.2) is 51.4 Å². The molecule has 1 unspecified atom stereocenters. The van der Waals surface area contributed by atoms with Crippen molar-refractivity contribution in [2.75, 3.05) is 30.3 Å². The number of aromatic nitrogens is 3. The minimum Gasteiger partial charge on any atom is -0.491 e. The molecule has 0 spiro atoms. The van der Waals surface area contributed by atoms with Crippen LogP contribution in [0.5, 0.6) is 5.75 Å². The minimum absolute atomic E-state index is 0.218. The van der Waals surface area contributed by atoms with Gasteiger partial charge in [-0.1, -0.05) is 53.7 Å². The van der Waals surface area contributed by atoms with Crippen LogP contribution in [0.4, 0.5) is 5.95 Å². The molecular weight excluding hydrogens is 408 g/mol. The topological polar surface area (TPSA) is 63.4 Å². The average Bonchev–Trinajstić information content (AvgIpc) is 3.41. The van der Waals surface area contributed by atoms with E-state index < -0.39 is 6.10 Å². The lowest BCUT2D eigenvalue weighted by Crippen LogP contribution is -2.22. The fourth-order valence-corrected chi connectivity index (χ4v) is 4.32. The second-order valence-electron chi connectivity index (χ2n) is 6.85. The van der Waals surface area contributed by atoms with E-state index in [1.807, 2.05) is 59.2 Å². The number of hydrogen-bond acceptors (Lipinski definition) is 6. The Hall–Kier alpha value is -2.22. The number of thioether (sulfide) groups is 1. The SMILES string of the molecule is OC(COc1ccccc1)CSc1nnc(N2CCCC2)n1-c1ccccc1Cl. The van der Waals surface area contributed by atoms with Gasteiger partial charge in [0, 0.05) is 18.8 Å². The van der Waals surface area contributed by atoms with E-state index in [0.717, 1.165) is 43.3 Å². The van der Waals surface area contributed by atoms with Crippen molar-refractivity contribution >= 4 is 29.3 Å². The third-order valence-corrected chi connectivity index (χ3v) is 6.08. The number of ether oxygens (including phenoxy) is 1. The normalized spacial score (nSPS) is 14.9. The largest absolute Gasteiger partial charge is 0.491 e. The number of anilines is 1. The molecule has 1 aliphatic heterocycles. The Morgan fingerprint density at radius 2 is 1.76 bits per heavy atom. The van der Waals surface area contributed by atoms with E-state index >= 15 is 0 Å². The van der Waals surface area contributed by atoms with Gasteiger partial charge in [0.05, 0.1) is 16.8 Å². The van der Waals surface area contributed by atoms with Crippen molar-refractivity contribution in [2.45, 2.75) is 24.1 Å². The third kappa shape index (κ3) is 4.86. The highest BCUT2D eigenvalue weighted by Gasteiger charge is 2.24. The van der Waals surface area contributed by atoms with Crippen LogP contribution in [0.25, 0.3) is 5.69 Å². The fourth-order valence-electron chi connectivity index (χ4n) is 3.25. The monoisotopic (exact) mass is 430 g/mol. The molecule has 0 amide bonds. The number of nitrogens with zero attached hydrogens (tertiary/aromatic N) is 4. The number of para-hydroxylation sites is 2. The van der Waals surface area contributed by atoms with Gasteiger partial charge in [0.25, 0.3) is 0 Å². The molecule has 152 valence electrons. The van der Waals surface area contributed by atoms with E-state index in [1.54, 1.807) is 0 Å². The number of benzene rings is 2. The van der Waals surface area contributed by atoms with Crippen LogP contribution < -0.4 is 9.64 Å². The lowest BCUT2D eigenvalue weighted by atomic mass is 10.3. The first kappa shape index (κ1) is 20.1. The Kier molecular flexibility index (Phi) is 6.59. The minimum atomic E-state index is -0.633. The summed E-state index contributed by atoms with van der Waals surface area (Å²) in [6, 6.07) is 17.2. The van der Waals surface area contributed by atoms with E-state index in [0.29, 0.717) is 15.9 Å². The van der Waals surface area contributed by atoms with Crippen molar-refractivity contribution in [2.24, 2.45) is 0 Å². The molecule has 0 bridgehead atoms. The first-order valence-corrected chi connectivity index (χ1v) is 11.0. The van der Waals surface area contributed by atoms with Crippen LogP contribution in [0.3, 0.4) is 0 Å². The Labute approximate surface area is 179 Å². The molecule has 2 aromatic carbocycles. The first-order chi connectivity index (χ1) is 14.2. The first-order valence-electron chi connectivity index (χ1n) is 9.66. The average molecular weight is 431 g/mol. The van der Waals surface area contributed by atoms with Gasteiger partial charge in [-0.2, -0.15) is 0 Å². The van der Waals surface area contributed by atoms with Gasteiger partial charge in [0.1, 0.15) is 12.4 Å². The number of rotatable bonds is 8. The maximum atomic E-state index is 10.4. The van der Waals surface area contributed by atoms with E-state index in [1.165, 1.54) is 11.8 Å². The summed E-state index contributed by atoms with van der Waals surface area (Å²) in [6.45, 7) is 2.14. The van der Waals surface area contributed by atoms with Crippen molar-refractivity contribution in [1.29, 1.82) is 0 Å². The maximum Gasteiger partial charge on any atom is 0.232 e. The molecule has 6 nitrogen and oxygen atoms in total. The zero-order valence-electron chi connectivity index (χ0n) is 15.9. The molecule has 29 heavy (non-hydrogen) atoms. The van der Waals surface area contributed by atoms with E-state index in [2.05, 4.69) is 15.1 Å². The van der Waals surface area contributed by atoms with Gasteiger partial charge in [0.15, 0.2) is 5.16 Å². The summed E-state index contributed by atoms with van der Waals surface area (Å²) in [5.41, 5.74) is 0.846. The predicted octanol–water partition coefficient (Wildman–Crippen LogP) is 4.05. The van der Waals surface area contributed by atoms with Gasteiger partial charge in [-0.05, 0) is 37.1 Å². The molecule has 0 saturated carbocycles. The number of aliphatic hydroxyl groups excluding tert-OH is 1. The number of hydrogen-bond donors (Lipinski definition) is 1. The summed E-state index contributed by atoms with van der Waals surface area (Å²) >= 11 is 7.92. The molecule has 8 heteroatoms. The van der Waals surface area contributed by atoms with Crippen molar-refractivity contribution in [3.8, 4) is 11.4 Å². The molecule has 1 saturated heterocycles. The van der Waals surface area contributed by atoms with Crippen LogP contribution in [0.1, 0.15) is 12.8 Å². The third-order valence-electron chi connectivity index (χ3n) is 4.69. The van der Waals surface area contributed by atoms with Crippen molar-refractivity contribution < 1.29 is 9.84 Å². The van der Waals surface area contributed by atoms with Gasteiger partial charge in [0.2, 0.25) is 5.95 Å². The van der Waals surface area contributed by atoms with Crippen LogP contribution in [0.15, 0.2) is 59.8 Å². The number of aliphatic hydroxyl groups is 1. The summed E-state index contributed by atoms with van der Waals surface area (Å²) < 4.78 is 7.63. The smallest absolute Gasteiger partial charge is 0.232 e. The highest BCUT2D eigenvalue weighted by atomic mass is 35.5. The molecule has 1 N–H and O–H groups in total. The van der Waals surface area contributed by atoms with E-state index in [9.17, 15) is 5.11 Å². The molecule has 2 heterocycles. The van der Waals surface area contributed by atoms with Crippen molar-refractivity contribution in [3.63, 3.8) is 0 Å².